The minimum Gasteiger partial charge on any atom is -0.493 e. The molecule has 88 valence electrons. The summed E-state index contributed by atoms with van der Waals surface area (Å²) >= 11 is 0. The summed E-state index contributed by atoms with van der Waals surface area (Å²) in [4.78, 5) is 18.1. The number of carbonyl (C=O) groups is 1. The zero-order chi connectivity index (χ0) is 11.9. The minimum atomic E-state index is -0.129. The van der Waals surface area contributed by atoms with Gasteiger partial charge in [0.15, 0.2) is 0 Å². The van der Waals surface area contributed by atoms with Gasteiger partial charge in [0, 0.05) is 12.4 Å². The molecule has 2 N–H and O–H groups in total. The molecule has 0 aliphatic carbocycles. The van der Waals surface area contributed by atoms with E-state index in [4.69, 9.17) is 4.74 Å². The summed E-state index contributed by atoms with van der Waals surface area (Å²) in [5.74, 6) is 1.09. The number of rotatable bonds is 5. The molecule has 1 aromatic heterocycles. The number of hydrogen-bond acceptors (Lipinski definition) is 3. The van der Waals surface area contributed by atoms with Gasteiger partial charge < -0.3 is 9.72 Å². The minimum absolute atomic E-state index is 0.129. The number of imidazole rings is 1. The number of amides is 1. The normalized spacial score (nSPS) is 9.88. The number of H-pyrrole nitrogens is 1. The van der Waals surface area contributed by atoms with Gasteiger partial charge in [0.2, 0.25) is 11.9 Å². The molecule has 0 aliphatic rings. The zero-order valence-corrected chi connectivity index (χ0v) is 9.22. The van der Waals surface area contributed by atoms with Crippen LogP contribution in [0.15, 0.2) is 42.7 Å². The maximum Gasteiger partial charge on any atom is 0.230 e. The second kappa shape index (κ2) is 5.69. The fourth-order valence-corrected chi connectivity index (χ4v) is 1.31. The molecule has 0 aliphatic heterocycles. The van der Waals surface area contributed by atoms with Crippen molar-refractivity contribution < 1.29 is 9.53 Å². The van der Waals surface area contributed by atoms with Crippen LogP contribution >= 0.6 is 0 Å². The number of carbonyl (C=O) groups excluding carboxylic acids is 1. The molecule has 2 rings (SSSR count). The Hall–Kier alpha value is -2.30. The molecule has 0 saturated heterocycles. The lowest BCUT2D eigenvalue weighted by Gasteiger charge is -2.05. The first-order chi connectivity index (χ1) is 8.34. The molecular weight excluding hydrogens is 218 g/mol. The van der Waals surface area contributed by atoms with E-state index in [1.54, 1.807) is 12.4 Å². The lowest BCUT2D eigenvalue weighted by Crippen LogP contribution is -2.15. The van der Waals surface area contributed by atoms with Crippen LogP contribution in [0.3, 0.4) is 0 Å². The zero-order valence-electron chi connectivity index (χ0n) is 9.22. The summed E-state index contributed by atoms with van der Waals surface area (Å²) in [7, 11) is 0. The van der Waals surface area contributed by atoms with E-state index in [2.05, 4.69) is 15.3 Å². The number of nitrogens with zero attached hydrogens (tertiary/aromatic N) is 1. The molecule has 5 nitrogen and oxygen atoms in total. The van der Waals surface area contributed by atoms with Crippen molar-refractivity contribution in [3.63, 3.8) is 0 Å². The second-order valence-electron chi connectivity index (χ2n) is 3.40. The van der Waals surface area contributed by atoms with Crippen LogP contribution in [0.25, 0.3) is 0 Å². The third-order valence-electron chi connectivity index (χ3n) is 2.10. The predicted octanol–water partition coefficient (Wildman–Crippen LogP) is 1.82. The van der Waals surface area contributed by atoms with Crippen LogP contribution in [0.2, 0.25) is 0 Å². The van der Waals surface area contributed by atoms with Crippen molar-refractivity contribution in [3.8, 4) is 5.75 Å². The molecule has 5 heteroatoms. The monoisotopic (exact) mass is 231 g/mol. The van der Waals surface area contributed by atoms with Gasteiger partial charge in [-0.15, -0.1) is 0 Å². The summed E-state index contributed by atoms with van der Waals surface area (Å²) < 4.78 is 5.40. The summed E-state index contributed by atoms with van der Waals surface area (Å²) in [5.41, 5.74) is 0. The molecule has 0 atom stereocenters. The number of ether oxygens (including phenoxy) is 1. The Labute approximate surface area is 98.8 Å². The summed E-state index contributed by atoms with van der Waals surface area (Å²) in [6, 6.07) is 9.39. The van der Waals surface area contributed by atoms with E-state index in [1.807, 2.05) is 30.3 Å². The molecule has 2 aromatic rings. The Morgan fingerprint density at radius 1 is 1.35 bits per heavy atom. The molecule has 17 heavy (non-hydrogen) atoms. The van der Waals surface area contributed by atoms with Gasteiger partial charge in [-0.2, -0.15) is 0 Å². The van der Waals surface area contributed by atoms with Crippen molar-refractivity contribution in [1.29, 1.82) is 0 Å². The van der Waals surface area contributed by atoms with Crippen LogP contribution in [0.1, 0.15) is 6.42 Å². The Kier molecular flexibility index (Phi) is 3.75. The molecule has 0 fully saturated rings. The third kappa shape index (κ3) is 3.64. The molecule has 0 spiro atoms. The van der Waals surface area contributed by atoms with Gasteiger partial charge in [0.25, 0.3) is 0 Å². The SMILES string of the molecule is O=C(CCOc1ccccc1)Nc1ncc[nH]1. The number of nitrogens with one attached hydrogen (secondary N) is 2. The van der Waals surface area contributed by atoms with E-state index >= 15 is 0 Å². The van der Waals surface area contributed by atoms with Gasteiger partial charge in [-0.3, -0.25) is 10.1 Å². The van der Waals surface area contributed by atoms with Crippen molar-refractivity contribution >= 4 is 11.9 Å². The molecule has 0 unspecified atom stereocenters. The van der Waals surface area contributed by atoms with Gasteiger partial charge >= 0.3 is 0 Å². The van der Waals surface area contributed by atoms with E-state index in [9.17, 15) is 4.79 Å². The lowest BCUT2D eigenvalue weighted by atomic mass is 10.3. The number of para-hydroxylation sites is 1. The average molecular weight is 231 g/mol. The quantitative estimate of drug-likeness (QED) is 0.824. The molecule has 0 radical (unpaired) electrons. The van der Waals surface area contributed by atoms with Crippen molar-refractivity contribution in [1.82, 2.24) is 9.97 Å². The molecule has 0 bridgehead atoms. The number of anilines is 1. The predicted molar refractivity (Wildman–Crippen MR) is 63.8 cm³/mol. The van der Waals surface area contributed by atoms with Crippen LogP contribution in [-0.4, -0.2) is 22.5 Å². The summed E-state index contributed by atoms with van der Waals surface area (Å²) in [6.45, 7) is 0.344. The van der Waals surface area contributed by atoms with Crippen LogP contribution in [0.5, 0.6) is 5.75 Å². The van der Waals surface area contributed by atoms with Crippen molar-refractivity contribution in [2.24, 2.45) is 0 Å². The highest BCUT2D eigenvalue weighted by atomic mass is 16.5. The van der Waals surface area contributed by atoms with Crippen molar-refractivity contribution in [2.45, 2.75) is 6.42 Å². The summed E-state index contributed by atoms with van der Waals surface area (Å²) in [5, 5.41) is 2.62. The number of aromatic nitrogens is 2. The Balaban J connectivity index is 1.70. The van der Waals surface area contributed by atoms with Gasteiger partial charge in [-0.05, 0) is 12.1 Å². The van der Waals surface area contributed by atoms with Crippen LogP contribution in [0.4, 0.5) is 5.95 Å². The molecule has 0 saturated carbocycles. The maximum absolute atomic E-state index is 11.4. The van der Waals surface area contributed by atoms with Crippen molar-refractivity contribution in [2.75, 3.05) is 11.9 Å². The highest BCUT2D eigenvalue weighted by Crippen LogP contribution is 2.08. The topological polar surface area (TPSA) is 67.0 Å². The number of benzene rings is 1. The first kappa shape index (κ1) is 11.2. The molecular formula is C12H13N3O2. The van der Waals surface area contributed by atoms with Gasteiger partial charge in [0.05, 0.1) is 13.0 Å². The molecule has 1 aromatic carbocycles. The fourth-order valence-electron chi connectivity index (χ4n) is 1.31. The van der Waals surface area contributed by atoms with Crippen LogP contribution < -0.4 is 10.1 Å². The van der Waals surface area contributed by atoms with Crippen LogP contribution in [0, 0.1) is 0 Å². The van der Waals surface area contributed by atoms with E-state index in [-0.39, 0.29) is 12.3 Å². The smallest absolute Gasteiger partial charge is 0.230 e. The van der Waals surface area contributed by atoms with Crippen molar-refractivity contribution in [3.05, 3.63) is 42.7 Å². The summed E-state index contributed by atoms with van der Waals surface area (Å²) in [6.07, 6.45) is 3.52. The highest BCUT2D eigenvalue weighted by molar-refractivity contribution is 5.88. The van der Waals surface area contributed by atoms with E-state index in [0.717, 1.165) is 5.75 Å². The Bertz CT molecular complexity index is 454. The van der Waals surface area contributed by atoms with E-state index < -0.39 is 0 Å². The number of aromatic amines is 1. The molecule has 1 heterocycles. The maximum atomic E-state index is 11.4. The fraction of sp³-hybridized carbons (Fsp3) is 0.167. The second-order valence-corrected chi connectivity index (χ2v) is 3.40. The van der Waals surface area contributed by atoms with E-state index in [1.165, 1.54) is 0 Å². The largest absolute Gasteiger partial charge is 0.493 e. The van der Waals surface area contributed by atoms with Gasteiger partial charge in [-0.1, -0.05) is 18.2 Å². The standard InChI is InChI=1S/C12H13N3O2/c16-11(15-12-13-7-8-14-12)6-9-17-10-4-2-1-3-5-10/h1-5,7-8H,6,9H2,(H2,13,14,15,16). The van der Waals surface area contributed by atoms with Crippen LogP contribution in [-0.2, 0) is 4.79 Å². The molecule has 1 amide bonds. The first-order valence-corrected chi connectivity index (χ1v) is 5.31. The number of hydrogen-bond donors (Lipinski definition) is 2. The first-order valence-electron chi connectivity index (χ1n) is 5.31. The third-order valence-corrected chi connectivity index (χ3v) is 2.10. The van der Waals surface area contributed by atoms with Gasteiger partial charge in [0.1, 0.15) is 5.75 Å². The van der Waals surface area contributed by atoms with E-state index in [0.29, 0.717) is 12.6 Å². The van der Waals surface area contributed by atoms with Gasteiger partial charge in [-0.25, -0.2) is 4.98 Å². The lowest BCUT2D eigenvalue weighted by molar-refractivity contribution is -0.116. The average Bonchev–Trinajstić information content (AvgIpc) is 2.83. The Morgan fingerprint density at radius 2 is 2.18 bits per heavy atom. The Morgan fingerprint density at radius 3 is 2.88 bits per heavy atom. The highest BCUT2D eigenvalue weighted by Gasteiger charge is 2.03.